The minimum atomic E-state index is -0.707. The zero-order valence-electron chi connectivity index (χ0n) is 15.4. The number of aryl methyl sites for hydroxylation is 1. The average molecular weight is 354 g/mol. The van der Waals surface area contributed by atoms with E-state index in [1.54, 1.807) is 0 Å². The van der Waals surface area contributed by atoms with Gasteiger partial charge in [0.05, 0.1) is 6.61 Å². The van der Waals surface area contributed by atoms with Gasteiger partial charge in [0.25, 0.3) is 0 Å². The van der Waals surface area contributed by atoms with Gasteiger partial charge in [0.2, 0.25) is 0 Å². The Labute approximate surface area is 154 Å². The van der Waals surface area contributed by atoms with Gasteiger partial charge in [-0.3, -0.25) is 4.79 Å². The summed E-state index contributed by atoms with van der Waals surface area (Å²) in [6, 6.07) is 8.26. The first-order valence-electron chi connectivity index (χ1n) is 9.12. The lowest BCUT2D eigenvalue weighted by atomic mass is 9.93. The molecule has 2 aromatic rings. The second-order valence-electron chi connectivity index (χ2n) is 7.19. The first-order chi connectivity index (χ1) is 12.5. The lowest BCUT2D eigenvalue weighted by molar-refractivity contribution is -0.138. The number of pyridine rings is 1. The van der Waals surface area contributed by atoms with Crippen LogP contribution in [-0.4, -0.2) is 34.3 Å². The Morgan fingerprint density at radius 1 is 1.23 bits per heavy atom. The molecule has 5 nitrogen and oxygen atoms in total. The predicted molar refractivity (Wildman–Crippen MR) is 102 cm³/mol. The number of aromatic nitrogens is 1. The van der Waals surface area contributed by atoms with Crippen molar-refractivity contribution in [3.8, 4) is 11.1 Å². The number of piperidine rings is 1. The highest BCUT2D eigenvalue weighted by atomic mass is 16.4. The Kier molecular flexibility index (Phi) is 5.57. The van der Waals surface area contributed by atoms with Crippen LogP contribution in [0.1, 0.15) is 36.0 Å². The fourth-order valence-electron chi connectivity index (χ4n) is 3.74. The maximum Gasteiger partial charge on any atom is 0.303 e. The summed E-state index contributed by atoms with van der Waals surface area (Å²) in [7, 11) is 0. The molecule has 1 aromatic heterocycles. The standard InChI is InChI=1S/C21H26N2O3/c1-14-9-18(13-24)15(2)19(10-14)17-3-4-20(22-12-17)23-7-5-16(6-8-23)11-21(25)26/h3-4,9-10,12,16,24H,5-8,11,13H2,1-2H3,(H,25,26). The number of nitrogens with zero attached hydrogens (tertiary/aromatic N) is 2. The molecule has 0 spiro atoms. The molecular weight excluding hydrogens is 328 g/mol. The zero-order chi connectivity index (χ0) is 18.7. The van der Waals surface area contributed by atoms with Crippen molar-refractivity contribution in [2.24, 2.45) is 5.92 Å². The third-order valence-corrected chi connectivity index (χ3v) is 5.29. The molecule has 2 heterocycles. The molecule has 0 atom stereocenters. The number of benzene rings is 1. The molecule has 138 valence electrons. The molecule has 2 N–H and O–H groups in total. The molecule has 1 fully saturated rings. The highest BCUT2D eigenvalue weighted by Gasteiger charge is 2.22. The molecule has 0 bridgehead atoms. The van der Waals surface area contributed by atoms with Crippen molar-refractivity contribution in [2.75, 3.05) is 18.0 Å². The van der Waals surface area contributed by atoms with E-state index < -0.39 is 5.97 Å². The van der Waals surface area contributed by atoms with Gasteiger partial charge in [-0.25, -0.2) is 4.98 Å². The maximum absolute atomic E-state index is 10.8. The van der Waals surface area contributed by atoms with Gasteiger partial charge in [-0.05, 0) is 61.4 Å². The van der Waals surface area contributed by atoms with E-state index in [9.17, 15) is 9.90 Å². The fourth-order valence-corrected chi connectivity index (χ4v) is 3.74. The number of carbonyl (C=O) groups is 1. The van der Waals surface area contributed by atoms with E-state index in [-0.39, 0.29) is 18.9 Å². The number of anilines is 1. The van der Waals surface area contributed by atoms with Crippen LogP contribution in [0.15, 0.2) is 30.5 Å². The van der Waals surface area contributed by atoms with Gasteiger partial charge in [0.15, 0.2) is 0 Å². The second-order valence-corrected chi connectivity index (χ2v) is 7.19. The topological polar surface area (TPSA) is 73.7 Å². The van der Waals surface area contributed by atoms with Crippen molar-refractivity contribution in [1.29, 1.82) is 0 Å². The molecule has 0 unspecified atom stereocenters. The van der Waals surface area contributed by atoms with Crippen molar-refractivity contribution in [2.45, 2.75) is 39.7 Å². The molecule has 26 heavy (non-hydrogen) atoms. The molecule has 0 amide bonds. The van der Waals surface area contributed by atoms with Gasteiger partial charge in [-0.15, -0.1) is 0 Å². The van der Waals surface area contributed by atoms with Gasteiger partial charge in [-0.1, -0.05) is 17.7 Å². The molecular formula is C21H26N2O3. The number of aliphatic hydroxyl groups excluding tert-OH is 1. The molecule has 0 radical (unpaired) electrons. The minimum absolute atomic E-state index is 0.0390. The summed E-state index contributed by atoms with van der Waals surface area (Å²) >= 11 is 0. The van der Waals surface area contributed by atoms with Crippen LogP contribution >= 0.6 is 0 Å². The predicted octanol–water partition coefficient (Wildman–Crippen LogP) is 3.55. The Morgan fingerprint density at radius 2 is 1.96 bits per heavy atom. The number of aliphatic carboxylic acids is 1. The largest absolute Gasteiger partial charge is 0.481 e. The molecule has 1 aliphatic heterocycles. The van der Waals surface area contributed by atoms with E-state index in [0.29, 0.717) is 0 Å². The van der Waals surface area contributed by atoms with Gasteiger partial charge in [0, 0.05) is 31.3 Å². The molecule has 0 saturated carbocycles. The third-order valence-electron chi connectivity index (χ3n) is 5.29. The molecule has 1 aliphatic rings. The van der Waals surface area contributed by atoms with E-state index in [1.807, 2.05) is 32.2 Å². The summed E-state index contributed by atoms with van der Waals surface area (Å²) in [6.07, 6.45) is 3.95. The van der Waals surface area contributed by atoms with E-state index in [2.05, 4.69) is 22.0 Å². The summed E-state index contributed by atoms with van der Waals surface area (Å²) in [6.45, 7) is 5.80. The van der Waals surface area contributed by atoms with E-state index in [4.69, 9.17) is 5.11 Å². The molecule has 3 rings (SSSR count). The number of hydrogen-bond donors (Lipinski definition) is 2. The summed E-state index contributed by atoms with van der Waals surface area (Å²) in [5.41, 5.74) is 5.31. The van der Waals surface area contributed by atoms with Crippen LogP contribution in [0, 0.1) is 19.8 Å². The highest BCUT2D eigenvalue weighted by molar-refractivity contribution is 5.70. The minimum Gasteiger partial charge on any atom is -0.481 e. The Morgan fingerprint density at radius 3 is 2.54 bits per heavy atom. The SMILES string of the molecule is Cc1cc(CO)c(C)c(-c2ccc(N3CCC(CC(=O)O)CC3)nc2)c1. The molecule has 0 aliphatic carbocycles. The number of carboxylic acids is 1. The Balaban J connectivity index is 1.74. The normalized spacial score (nSPS) is 15.3. The van der Waals surface area contributed by atoms with E-state index in [0.717, 1.165) is 59.6 Å². The van der Waals surface area contributed by atoms with Crippen LogP contribution in [0.5, 0.6) is 0 Å². The second kappa shape index (κ2) is 7.87. The van der Waals surface area contributed by atoms with Crippen LogP contribution in [0.3, 0.4) is 0 Å². The van der Waals surface area contributed by atoms with Crippen LogP contribution in [0.25, 0.3) is 11.1 Å². The van der Waals surface area contributed by atoms with E-state index >= 15 is 0 Å². The van der Waals surface area contributed by atoms with Crippen LogP contribution in [-0.2, 0) is 11.4 Å². The molecule has 1 saturated heterocycles. The summed E-state index contributed by atoms with van der Waals surface area (Å²) in [5.74, 6) is 0.506. The summed E-state index contributed by atoms with van der Waals surface area (Å²) in [5, 5.41) is 18.5. The van der Waals surface area contributed by atoms with Crippen LogP contribution < -0.4 is 4.90 Å². The van der Waals surface area contributed by atoms with Crippen molar-refractivity contribution in [3.63, 3.8) is 0 Å². The summed E-state index contributed by atoms with van der Waals surface area (Å²) < 4.78 is 0. The number of rotatable bonds is 5. The highest BCUT2D eigenvalue weighted by Crippen LogP contribution is 2.29. The fraction of sp³-hybridized carbons (Fsp3) is 0.429. The van der Waals surface area contributed by atoms with Gasteiger partial charge in [-0.2, -0.15) is 0 Å². The Hall–Kier alpha value is -2.40. The smallest absolute Gasteiger partial charge is 0.303 e. The maximum atomic E-state index is 10.8. The van der Waals surface area contributed by atoms with Crippen LogP contribution in [0.2, 0.25) is 0 Å². The first-order valence-corrected chi connectivity index (χ1v) is 9.12. The Bertz CT molecular complexity index is 779. The zero-order valence-corrected chi connectivity index (χ0v) is 15.4. The van der Waals surface area contributed by atoms with Crippen molar-refractivity contribution < 1.29 is 15.0 Å². The van der Waals surface area contributed by atoms with Gasteiger partial charge < -0.3 is 15.1 Å². The van der Waals surface area contributed by atoms with Gasteiger partial charge >= 0.3 is 5.97 Å². The van der Waals surface area contributed by atoms with Crippen molar-refractivity contribution in [3.05, 3.63) is 47.2 Å². The van der Waals surface area contributed by atoms with Crippen molar-refractivity contribution in [1.82, 2.24) is 4.98 Å². The number of carboxylic acid groups (broad SMARTS) is 1. The van der Waals surface area contributed by atoms with Gasteiger partial charge in [0.1, 0.15) is 5.82 Å². The lowest BCUT2D eigenvalue weighted by Crippen LogP contribution is -2.34. The molecule has 1 aromatic carbocycles. The monoisotopic (exact) mass is 354 g/mol. The first kappa shape index (κ1) is 18.4. The number of aliphatic hydroxyl groups is 1. The van der Waals surface area contributed by atoms with Crippen molar-refractivity contribution >= 4 is 11.8 Å². The summed E-state index contributed by atoms with van der Waals surface area (Å²) in [4.78, 5) is 17.7. The quantitative estimate of drug-likeness (QED) is 0.859. The molecule has 5 heteroatoms. The average Bonchev–Trinajstić information content (AvgIpc) is 2.63. The third kappa shape index (κ3) is 4.05. The van der Waals surface area contributed by atoms with Crippen LogP contribution in [0.4, 0.5) is 5.82 Å². The lowest BCUT2D eigenvalue weighted by Gasteiger charge is -2.32. The number of hydrogen-bond acceptors (Lipinski definition) is 4. The van der Waals surface area contributed by atoms with E-state index in [1.165, 1.54) is 0 Å².